The predicted molar refractivity (Wildman–Crippen MR) is 104 cm³/mol. The fourth-order valence-corrected chi connectivity index (χ4v) is 3.64. The third kappa shape index (κ3) is 4.36. The lowest BCUT2D eigenvalue weighted by atomic mass is 9.90. The van der Waals surface area contributed by atoms with Crippen LogP contribution in [-0.4, -0.2) is 53.2 Å². The van der Waals surface area contributed by atoms with Gasteiger partial charge in [0.1, 0.15) is 0 Å². The summed E-state index contributed by atoms with van der Waals surface area (Å²) in [7, 11) is 3.56. The van der Waals surface area contributed by atoms with E-state index in [1.807, 2.05) is 50.6 Å². The minimum atomic E-state index is -0.185. The van der Waals surface area contributed by atoms with Gasteiger partial charge >= 0.3 is 0 Å². The van der Waals surface area contributed by atoms with Crippen molar-refractivity contribution < 1.29 is 9.59 Å². The van der Waals surface area contributed by atoms with Crippen LogP contribution in [0.5, 0.6) is 0 Å². The van der Waals surface area contributed by atoms with Gasteiger partial charge in [-0.15, -0.1) is 0 Å². The van der Waals surface area contributed by atoms with Crippen molar-refractivity contribution in [2.45, 2.75) is 19.3 Å². The van der Waals surface area contributed by atoms with Crippen LogP contribution < -0.4 is 10.6 Å². The van der Waals surface area contributed by atoms with Crippen LogP contribution in [-0.2, 0) is 23.1 Å². The number of aromatic nitrogens is 2. The number of anilines is 1. The maximum absolute atomic E-state index is 12.9. The second-order valence-electron chi connectivity index (χ2n) is 7.07. The van der Waals surface area contributed by atoms with Crippen molar-refractivity contribution in [1.29, 1.82) is 0 Å². The fraction of sp³-hybridized carbons (Fsp3) is 0.450. The van der Waals surface area contributed by atoms with Gasteiger partial charge in [0.15, 0.2) is 0 Å². The van der Waals surface area contributed by atoms with E-state index in [1.54, 1.807) is 11.7 Å². The van der Waals surface area contributed by atoms with Crippen molar-refractivity contribution in [3.63, 3.8) is 0 Å². The first-order chi connectivity index (χ1) is 13.0. The second-order valence-corrected chi connectivity index (χ2v) is 7.07. The summed E-state index contributed by atoms with van der Waals surface area (Å²) in [4.78, 5) is 26.9. The van der Waals surface area contributed by atoms with E-state index in [1.165, 1.54) is 4.90 Å². The van der Waals surface area contributed by atoms with Gasteiger partial charge in [-0.2, -0.15) is 5.10 Å². The molecule has 0 aliphatic carbocycles. The van der Waals surface area contributed by atoms with E-state index in [2.05, 4.69) is 15.7 Å². The second kappa shape index (κ2) is 8.35. The van der Waals surface area contributed by atoms with Crippen LogP contribution in [0.15, 0.2) is 36.7 Å². The van der Waals surface area contributed by atoms with Crippen LogP contribution in [0.2, 0.25) is 0 Å². The molecule has 0 unspecified atom stereocenters. The smallest absolute Gasteiger partial charge is 0.243 e. The van der Waals surface area contributed by atoms with Crippen molar-refractivity contribution in [1.82, 2.24) is 20.0 Å². The Labute approximate surface area is 159 Å². The van der Waals surface area contributed by atoms with Gasteiger partial charge in [-0.1, -0.05) is 25.1 Å². The van der Waals surface area contributed by atoms with Crippen molar-refractivity contribution in [3.8, 4) is 0 Å². The molecule has 144 valence electrons. The molecule has 1 aliphatic rings. The zero-order valence-corrected chi connectivity index (χ0v) is 16.1. The molecule has 7 nitrogen and oxygen atoms in total. The van der Waals surface area contributed by atoms with Crippen LogP contribution in [0.25, 0.3) is 0 Å². The molecule has 27 heavy (non-hydrogen) atoms. The lowest BCUT2D eigenvalue weighted by molar-refractivity contribution is -0.136. The maximum Gasteiger partial charge on any atom is 0.243 e. The van der Waals surface area contributed by atoms with E-state index in [-0.39, 0.29) is 30.2 Å². The average molecular weight is 369 g/mol. The number of carbonyl (C=O) groups excluding carboxylic acids is 2. The molecule has 1 aliphatic heterocycles. The minimum Gasteiger partial charge on any atom is -0.336 e. The molecule has 2 amide bonds. The summed E-state index contributed by atoms with van der Waals surface area (Å²) in [6.45, 7) is 3.44. The van der Waals surface area contributed by atoms with Crippen molar-refractivity contribution in [2.75, 3.05) is 32.0 Å². The van der Waals surface area contributed by atoms with E-state index < -0.39 is 0 Å². The van der Waals surface area contributed by atoms with Gasteiger partial charge in [-0.3, -0.25) is 14.3 Å². The van der Waals surface area contributed by atoms with Gasteiger partial charge in [0.2, 0.25) is 11.8 Å². The standard InChI is InChI=1S/C20H27N5O2/c1-4-14-7-5-6-8-18(14)23-19(26)13-24(2)20(27)17-11-21-10-16(17)15-9-22-25(3)12-15/h5-9,12,16-17,21H,4,10-11,13H2,1-3H3,(H,23,26)/t16-,17+/m1/s1. The molecule has 1 aromatic heterocycles. The molecule has 2 N–H and O–H groups in total. The van der Waals surface area contributed by atoms with Crippen LogP contribution in [0.3, 0.4) is 0 Å². The summed E-state index contributed by atoms with van der Waals surface area (Å²) in [5.74, 6) is -0.309. The molecule has 1 saturated heterocycles. The molecule has 2 aromatic rings. The van der Waals surface area contributed by atoms with Crippen LogP contribution in [0.1, 0.15) is 24.0 Å². The SMILES string of the molecule is CCc1ccccc1NC(=O)CN(C)C(=O)[C@H]1CNC[C@@H]1c1cnn(C)c1. The number of carbonyl (C=O) groups is 2. The fourth-order valence-electron chi connectivity index (χ4n) is 3.64. The Balaban J connectivity index is 1.62. The predicted octanol–water partition coefficient (Wildman–Crippen LogP) is 1.38. The summed E-state index contributed by atoms with van der Waals surface area (Å²) in [6.07, 6.45) is 4.60. The van der Waals surface area contributed by atoms with Crippen LogP contribution in [0, 0.1) is 5.92 Å². The third-order valence-electron chi connectivity index (χ3n) is 5.11. The number of aryl methyl sites for hydroxylation is 2. The normalized spacial score (nSPS) is 19.1. The molecule has 7 heteroatoms. The van der Waals surface area contributed by atoms with Crippen molar-refractivity contribution >= 4 is 17.5 Å². The summed E-state index contributed by atoms with van der Waals surface area (Å²) in [5.41, 5.74) is 2.94. The van der Waals surface area contributed by atoms with Gasteiger partial charge in [0.05, 0.1) is 18.7 Å². The average Bonchev–Trinajstić information content (AvgIpc) is 3.30. The van der Waals surface area contributed by atoms with E-state index in [0.717, 1.165) is 29.8 Å². The topological polar surface area (TPSA) is 79.3 Å². The molecule has 0 spiro atoms. The summed E-state index contributed by atoms with van der Waals surface area (Å²) >= 11 is 0. The largest absolute Gasteiger partial charge is 0.336 e. The molecular formula is C20H27N5O2. The lowest BCUT2D eigenvalue weighted by Crippen LogP contribution is -2.40. The molecule has 1 aromatic carbocycles. The van der Waals surface area contributed by atoms with Gasteiger partial charge in [-0.25, -0.2) is 0 Å². The molecule has 3 rings (SSSR count). The third-order valence-corrected chi connectivity index (χ3v) is 5.11. The number of para-hydroxylation sites is 1. The number of nitrogens with one attached hydrogen (secondary N) is 2. The highest BCUT2D eigenvalue weighted by molar-refractivity contribution is 5.95. The van der Waals surface area contributed by atoms with E-state index in [4.69, 9.17) is 0 Å². The van der Waals surface area contributed by atoms with Crippen LogP contribution >= 0.6 is 0 Å². The summed E-state index contributed by atoms with van der Waals surface area (Å²) < 4.78 is 1.75. The molecule has 2 heterocycles. The Kier molecular flexibility index (Phi) is 5.91. The van der Waals surface area contributed by atoms with Crippen molar-refractivity contribution in [2.24, 2.45) is 13.0 Å². The first kappa shape index (κ1) is 19.1. The molecule has 0 bridgehead atoms. The van der Waals surface area contributed by atoms with E-state index >= 15 is 0 Å². The van der Waals surface area contributed by atoms with Gasteiger partial charge in [0.25, 0.3) is 0 Å². The molecule has 2 atom stereocenters. The van der Waals surface area contributed by atoms with Gasteiger partial charge < -0.3 is 15.5 Å². The monoisotopic (exact) mass is 369 g/mol. The number of rotatable bonds is 6. The Morgan fingerprint density at radius 1 is 1.33 bits per heavy atom. The maximum atomic E-state index is 12.9. The van der Waals surface area contributed by atoms with Crippen LogP contribution in [0.4, 0.5) is 5.69 Å². The molecule has 1 fully saturated rings. The Morgan fingerprint density at radius 2 is 2.11 bits per heavy atom. The zero-order chi connectivity index (χ0) is 19.4. The first-order valence-corrected chi connectivity index (χ1v) is 9.31. The highest BCUT2D eigenvalue weighted by atomic mass is 16.2. The highest BCUT2D eigenvalue weighted by Crippen LogP contribution is 2.29. The number of likely N-dealkylation sites (N-methyl/N-ethyl adjacent to an activating group) is 1. The van der Waals surface area contributed by atoms with Gasteiger partial charge in [0, 0.05) is 45.0 Å². The van der Waals surface area contributed by atoms with E-state index in [0.29, 0.717) is 6.54 Å². The molecule has 0 saturated carbocycles. The number of benzene rings is 1. The summed E-state index contributed by atoms with van der Waals surface area (Å²) in [5, 5.41) is 10.4. The Bertz CT molecular complexity index is 816. The Morgan fingerprint density at radius 3 is 2.81 bits per heavy atom. The lowest BCUT2D eigenvalue weighted by Gasteiger charge is -2.24. The minimum absolute atomic E-state index is 0.0206. The number of hydrogen-bond acceptors (Lipinski definition) is 4. The summed E-state index contributed by atoms with van der Waals surface area (Å²) in [6, 6.07) is 7.73. The zero-order valence-electron chi connectivity index (χ0n) is 16.1. The van der Waals surface area contributed by atoms with Gasteiger partial charge in [-0.05, 0) is 23.6 Å². The number of hydrogen-bond donors (Lipinski definition) is 2. The molecule has 0 radical (unpaired) electrons. The Hall–Kier alpha value is -2.67. The van der Waals surface area contributed by atoms with E-state index in [9.17, 15) is 9.59 Å². The number of amides is 2. The highest BCUT2D eigenvalue weighted by Gasteiger charge is 2.36. The quantitative estimate of drug-likeness (QED) is 0.806. The van der Waals surface area contributed by atoms with Crippen molar-refractivity contribution in [3.05, 3.63) is 47.8 Å². The number of nitrogens with zero attached hydrogens (tertiary/aromatic N) is 3. The first-order valence-electron chi connectivity index (χ1n) is 9.31. The molecular weight excluding hydrogens is 342 g/mol.